The number of carbonyl (C=O) groups excluding carboxylic acids is 2. The van der Waals surface area contributed by atoms with Crippen molar-refractivity contribution >= 4 is 57.7 Å². The van der Waals surface area contributed by atoms with Gasteiger partial charge in [0.15, 0.2) is 11.5 Å². The molecule has 0 radical (unpaired) electrons. The third-order valence-electron chi connectivity index (χ3n) is 6.15. The molecule has 2 heterocycles. The fourth-order valence-electron chi connectivity index (χ4n) is 4.41. The van der Waals surface area contributed by atoms with Gasteiger partial charge >= 0.3 is 0 Å². The third-order valence-corrected chi connectivity index (χ3v) is 7.69. The van der Waals surface area contributed by atoms with Crippen molar-refractivity contribution in [3.05, 3.63) is 104 Å². The van der Waals surface area contributed by atoms with E-state index in [1.54, 1.807) is 36.4 Å². The molecule has 5 rings (SSSR count). The molecule has 1 aromatic heterocycles. The van der Waals surface area contributed by atoms with E-state index >= 15 is 0 Å². The maximum absolute atomic E-state index is 13.4. The number of anilines is 1. The van der Waals surface area contributed by atoms with E-state index in [0.29, 0.717) is 22.1 Å². The second-order valence-corrected chi connectivity index (χ2v) is 10.1. The van der Waals surface area contributed by atoms with Crippen molar-refractivity contribution in [1.29, 1.82) is 0 Å². The molecule has 4 aromatic rings. The number of hydrogen-bond donors (Lipinski definition) is 1. The highest BCUT2D eigenvalue weighted by molar-refractivity contribution is 7.10. The monoisotopic (exact) mass is 581 g/mol. The number of ketones is 1. The van der Waals surface area contributed by atoms with E-state index in [1.165, 1.54) is 36.5 Å². The second kappa shape index (κ2) is 11.0. The summed E-state index contributed by atoms with van der Waals surface area (Å²) in [7, 11) is 2.75. The van der Waals surface area contributed by atoms with Crippen LogP contribution in [0.1, 0.15) is 16.5 Å². The van der Waals surface area contributed by atoms with E-state index in [9.17, 15) is 14.7 Å². The summed E-state index contributed by atoms with van der Waals surface area (Å²) >= 11 is 14.1. The fourth-order valence-corrected chi connectivity index (χ4v) is 5.92. The van der Waals surface area contributed by atoms with E-state index in [1.807, 2.05) is 35.7 Å². The van der Waals surface area contributed by atoms with Gasteiger partial charge in [-0.15, -0.1) is 11.3 Å². The molecule has 1 atom stereocenters. The number of carbonyl (C=O) groups is 2. The lowest BCUT2D eigenvalue weighted by molar-refractivity contribution is -0.132. The van der Waals surface area contributed by atoms with Gasteiger partial charge in [-0.1, -0.05) is 47.5 Å². The standard InChI is InChI=1S/C29H21Cl2NO6S/c1-36-27-19(15-20(30)28(37-2)23(27)31)25(33)22-24(21-9-6-14-39-21)32(29(35)26(22)34)16-10-12-18(13-11-16)38-17-7-4-3-5-8-17/h3-15,24,33H,1-2H3/b25-22-. The van der Waals surface area contributed by atoms with Crippen LogP contribution in [0, 0.1) is 0 Å². The van der Waals surface area contributed by atoms with Gasteiger partial charge in [0, 0.05) is 10.6 Å². The Morgan fingerprint density at radius 2 is 1.56 bits per heavy atom. The van der Waals surface area contributed by atoms with Crippen molar-refractivity contribution in [2.24, 2.45) is 0 Å². The Morgan fingerprint density at radius 3 is 2.18 bits per heavy atom. The summed E-state index contributed by atoms with van der Waals surface area (Å²) in [5, 5.41) is 13.4. The molecule has 1 aliphatic heterocycles. The molecular formula is C29H21Cl2NO6S. The average Bonchev–Trinajstić information content (AvgIpc) is 3.56. The smallest absolute Gasteiger partial charge is 0.300 e. The number of ether oxygens (including phenoxy) is 3. The van der Waals surface area contributed by atoms with Gasteiger partial charge in [0.05, 0.1) is 30.4 Å². The number of nitrogens with zero attached hydrogens (tertiary/aromatic N) is 1. The Kier molecular flexibility index (Phi) is 7.52. The van der Waals surface area contributed by atoms with Crippen LogP contribution < -0.4 is 19.1 Å². The number of amides is 1. The molecule has 1 amide bonds. The van der Waals surface area contributed by atoms with E-state index in [-0.39, 0.29) is 32.7 Å². The lowest BCUT2D eigenvalue weighted by atomic mass is 9.99. The minimum absolute atomic E-state index is 0.0185. The number of aliphatic hydroxyl groups excluding tert-OH is 1. The minimum atomic E-state index is -0.907. The van der Waals surface area contributed by atoms with Crippen molar-refractivity contribution in [1.82, 2.24) is 0 Å². The van der Waals surface area contributed by atoms with Crippen LogP contribution in [-0.2, 0) is 9.59 Å². The number of hydrogen-bond acceptors (Lipinski definition) is 7. The highest BCUT2D eigenvalue weighted by Gasteiger charge is 2.47. The molecule has 7 nitrogen and oxygen atoms in total. The summed E-state index contributed by atoms with van der Waals surface area (Å²) in [5.41, 5.74) is 0.384. The Morgan fingerprint density at radius 1 is 0.897 bits per heavy atom. The Bertz CT molecular complexity index is 1570. The largest absolute Gasteiger partial charge is 0.507 e. The minimum Gasteiger partial charge on any atom is -0.507 e. The van der Waals surface area contributed by atoms with Crippen molar-refractivity contribution < 1.29 is 28.9 Å². The van der Waals surface area contributed by atoms with Gasteiger partial charge in [-0.2, -0.15) is 0 Å². The first-order valence-corrected chi connectivity index (χ1v) is 13.3. The van der Waals surface area contributed by atoms with Crippen LogP contribution in [0.25, 0.3) is 5.76 Å². The lowest BCUT2D eigenvalue weighted by Crippen LogP contribution is -2.29. The fraction of sp³-hybridized carbons (Fsp3) is 0.103. The van der Waals surface area contributed by atoms with Crippen LogP contribution in [0.4, 0.5) is 5.69 Å². The van der Waals surface area contributed by atoms with Crippen molar-refractivity contribution in [3.8, 4) is 23.0 Å². The maximum atomic E-state index is 13.4. The molecule has 39 heavy (non-hydrogen) atoms. The zero-order valence-corrected chi connectivity index (χ0v) is 23.0. The summed E-state index contributed by atoms with van der Waals surface area (Å²) in [6, 6.07) is 20.1. The molecule has 198 valence electrons. The molecule has 1 saturated heterocycles. The molecule has 3 aromatic carbocycles. The number of rotatable bonds is 7. The van der Waals surface area contributed by atoms with Crippen LogP contribution in [0.5, 0.6) is 23.0 Å². The van der Waals surface area contributed by atoms with Crippen LogP contribution in [0.15, 0.2) is 83.7 Å². The lowest BCUT2D eigenvalue weighted by Gasteiger charge is -2.24. The molecule has 0 saturated carbocycles. The highest BCUT2D eigenvalue weighted by Crippen LogP contribution is 2.48. The number of thiophene rings is 1. The number of halogens is 2. The molecule has 1 unspecified atom stereocenters. The van der Waals surface area contributed by atoms with Gasteiger partial charge in [-0.3, -0.25) is 14.5 Å². The van der Waals surface area contributed by atoms with Crippen molar-refractivity contribution in [2.45, 2.75) is 6.04 Å². The van der Waals surface area contributed by atoms with Crippen LogP contribution in [-0.4, -0.2) is 31.0 Å². The molecular weight excluding hydrogens is 561 g/mol. The summed E-state index contributed by atoms with van der Waals surface area (Å²) in [6.07, 6.45) is 0. The molecule has 0 spiro atoms. The van der Waals surface area contributed by atoms with Gasteiger partial charge in [-0.25, -0.2) is 0 Å². The first-order chi connectivity index (χ1) is 18.8. The molecule has 10 heteroatoms. The number of Topliss-reactive ketones (excluding diaryl/α,β-unsaturated/α-hetero) is 1. The first-order valence-electron chi connectivity index (χ1n) is 11.6. The first kappa shape index (κ1) is 26.6. The van der Waals surface area contributed by atoms with Crippen LogP contribution >= 0.6 is 34.5 Å². The highest BCUT2D eigenvalue weighted by atomic mass is 35.5. The zero-order valence-electron chi connectivity index (χ0n) is 20.7. The normalized spacial score (nSPS) is 16.4. The van der Waals surface area contributed by atoms with Crippen molar-refractivity contribution in [3.63, 3.8) is 0 Å². The number of para-hydroxylation sites is 1. The number of aliphatic hydroxyl groups is 1. The van der Waals surface area contributed by atoms with Crippen LogP contribution in [0.3, 0.4) is 0 Å². The van der Waals surface area contributed by atoms with E-state index in [2.05, 4.69) is 0 Å². The quantitative estimate of drug-likeness (QED) is 0.138. The van der Waals surface area contributed by atoms with Gasteiger partial charge in [0.2, 0.25) is 0 Å². The van der Waals surface area contributed by atoms with Gasteiger partial charge < -0.3 is 19.3 Å². The van der Waals surface area contributed by atoms with Crippen molar-refractivity contribution in [2.75, 3.05) is 19.1 Å². The molecule has 0 aliphatic carbocycles. The SMILES string of the molecule is COc1c(Cl)cc(/C(O)=C2/C(=O)C(=O)N(c3ccc(Oc4ccccc4)cc3)C2c2cccs2)c(OC)c1Cl. The third kappa shape index (κ3) is 4.83. The molecule has 1 N–H and O–H groups in total. The van der Waals surface area contributed by atoms with Crippen LogP contribution in [0.2, 0.25) is 10.0 Å². The predicted molar refractivity (Wildman–Crippen MR) is 152 cm³/mol. The summed E-state index contributed by atoms with van der Waals surface area (Å²) in [5.74, 6) is -0.705. The Balaban J connectivity index is 1.62. The van der Waals surface area contributed by atoms with Gasteiger partial charge in [-0.05, 0) is 53.9 Å². The Hall–Kier alpha value is -3.98. The maximum Gasteiger partial charge on any atom is 0.300 e. The average molecular weight is 582 g/mol. The topological polar surface area (TPSA) is 85.3 Å². The number of benzene rings is 3. The second-order valence-electron chi connectivity index (χ2n) is 8.38. The summed E-state index contributed by atoms with van der Waals surface area (Å²) < 4.78 is 16.5. The predicted octanol–water partition coefficient (Wildman–Crippen LogP) is 7.49. The molecule has 0 bridgehead atoms. The van der Waals surface area contributed by atoms with Gasteiger partial charge in [0.1, 0.15) is 28.3 Å². The van der Waals surface area contributed by atoms with E-state index in [4.69, 9.17) is 37.4 Å². The van der Waals surface area contributed by atoms with E-state index < -0.39 is 23.5 Å². The summed E-state index contributed by atoms with van der Waals surface area (Å²) in [6.45, 7) is 0. The number of methoxy groups -OCH3 is 2. The summed E-state index contributed by atoms with van der Waals surface area (Å²) in [4.78, 5) is 28.9. The molecule has 1 fully saturated rings. The van der Waals surface area contributed by atoms with E-state index in [0.717, 1.165) is 0 Å². The molecule has 1 aliphatic rings. The zero-order chi connectivity index (χ0) is 27.7. The van der Waals surface area contributed by atoms with Gasteiger partial charge in [0.25, 0.3) is 11.7 Å². The Labute approximate surface area is 238 Å².